The van der Waals surface area contributed by atoms with E-state index in [0.29, 0.717) is 5.89 Å². The standard InChI is InChI=1S/C20H22N2O2/c1-14(22-18-11-7-10-17(12-18)15(2)23-3)20-21-13-19(24-20)16-8-5-4-6-9-16/h4-15,22H,1-3H3/t14-,15+/m0/s1. The summed E-state index contributed by atoms with van der Waals surface area (Å²) in [6.07, 6.45) is 1.83. The molecule has 4 nitrogen and oxygen atoms in total. The molecule has 0 aliphatic rings. The van der Waals surface area contributed by atoms with Crippen molar-refractivity contribution in [3.63, 3.8) is 0 Å². The second kappa shape index (κ2) is 7.32. The van der Waals surface area contributed by atoms with E-state index in [1.807, 2.05) is 56.3 Å². The van der Waals surface area contributed by atoms with E-state index >= 15 is 0 Å². The van der Waals surface area contributed by atoms with Gasteiger partial charge in [0.05, 0.1) is 12.3 Å². The minimum atomic E-state index is -0.0319. The molecule has 2 aromatic carbocycles. The molecule has 1 N–H and O–H groups in total. The Hall–Kier alpha value is -2.59. The van der Waals surface area contributed by atoms with Crippen LogP contribution in [0.1, 0.15) is 37.4 Å². The Morgan fingerprint density at radius 1 is 1.04 bits per heavy atom. The molecule has 4 heteroatoms. The van der Waals surface area contributed by atoms with Crippen molar-refractivity contribution >= 4 is 5.69 Å². The molecule has 124 valence electrons. The molecule has 0 aliphatic heterocycles. The van der Waals surface area contributed by atoms with Crippen molar-refractivity contribution in [3.8, 4) is 11.3 Å². The van der Waals surface area contributed by atoms with Crippen LogP contribution in [-0.2, 0) is 4.74 Å². The van der Waals surface area contributed by atoms with Gasteiger partial charge in [0.25, 0.3) is 0 Å². The Bertz CT molecular complexity index is 783. The third-order valence-corrected chi connectivity index (χ3v) is 4.05. The van der Waals surface area contributed by atoms with E-state index in [1.54, 1.807) is 13.3 Å². The summed E-state index contributed by atoms with van der Waals surface area (Å²) in [5.41, 5.74) is 3.18. The van der Waals surface area contributed by atoms with E-state index in [1.165, 1.54) is 0 Å². The molecule has 0 unspecified atom stereocenters. The summed E-state index contributed by atoms with van der Waals surface area (Å²) in [6.45, 7) is 4.07. The van der Waals surface area contributed by atoms with Crippen LogP contribution in [0.5, 0.6) is 0 Å². The average Bonchev–Trinajstić information content (AvgIpc) is 3.12. The quantitative estimate of drug-likeness (QED) is 0.675. The van der Waals surface area contributed by atoms with Gasteiger partial charge in [-0.2, -0.15) is 0 Å². The van der Waals surface area contributed by atoms with E-state index in [-0.39, 0.29) is 12.1 Å². The van der Waals surface area contributed by atoms with Crippen LogP contribution in [0.25, 0.3) is 11.3 Å². The Kier molecular flexibility index (Phi) is 4.96. The molecule has 0 bridgehead atoms. The molecule has 2 atom stereocenters. The zero-order chi connectivity index (χ0) is 16.9. The highest BCUT2D eigenvalue weighted by Crippen LogP contribution is 2.26. The summed E-state index contributed by atoms with van der Waals surface area (Å²) in [6, 6.07) is 18.1. The van der Waals surface area contributed by atoms with Gasteiger partial charge in [-0.3, -0.25) is 0 Å². The van der Waals surface area contributed by atoms with Crippen molar-refractivity contribution in [2.45, 2.75) is 26.0 Å². The number of benzene rings is 2. The van der Waals surface area contributed by atoms with Gasteiger partial charge in [-0.15, -0.1) is 0 Å². The van der Waals surface area contributed by atoms with E-state index in [2.05, 4.69) is 22.4 Å². The van der Waals surface area contributed by atoms with Crippen molar-refractivity contribution in [1.29, 1.82) is 0 Å². The third-order valence-electron chi connectivity index (χ3n) is 4.05. The maximum Gasteiger partial charge on any atom is 0.217 e. The SMILES string of the molecule is CO[C@H](C)c1cccc(N[C@@H](C)c2ncc(-c3ccccc3)o2)c1. The van der Waals surface area contributed by atoms with E-state index in [0.717, 1.165) is 22.6 Å². The van der Waals surface area contributed by atoms with Gasteiger partial charge in [0.2, 0.25) is 5.89 Å². The lowest BCUT2D eigenvalue weighted by Crippen LogP contribution is -2.07. The minimum Gasteiger partial charge on any atom is -0.438 e. The van der Waals surface area contributed by atoms with Gasteiger partial charge in [-0.05, 0) is 31.5 Å². The monoisotopic (exact) mass is 322 g/mol. The van der Waals surface area contributed by atoms with E-state index in [9.17, 15) is 0 Å². The molecule has 0 saturated carbocycles. The lowest BCUT2D eigenvalue weighted by molar-refractivity contribution is 0.119. The average molecular weight is 322 g/mol. The zero-order valence-electron chi connectivity index (χ0n) is 14.2. The molecule has 0 amide bonds. The Balaban J connectivity index is 1.74. The highest BCUT2D eigenvalue weighted by molar-refractivity contribution is 5.56. The number of oxazole rings is 1. The number of hydrogen-bond acceptors (Lipinski definition) is 4. The fraction of sp³-hybridized carbons (Fsp3) is 0.250. The van der Waals surface area contributed by atoms with Gasteiger partial charge >= 0.3 is 0 Å². The predicted molar refractivity (Wildman–Crippen MR) is 95.8 cm³/mol. The number of ether oxygens (including phenoxy) is 1. The first-order valence-electron chi connectivity index (χ1n) is 8.08. The first kappa shape index (κ1) is 16.3. The minimum absolute atomic E-state index is 0.0319. The Morgan fingerprint density at radius 3 is 2.58 bits per heavy atom. The lowest BCUT2D eigenvalue weighted by atomic mass is 10.1. The molecule has 0 aliphatic carbocycles. The molecular formula is C20H22N2O2. The van der Waals surface area contributed by atoms with Gasteiger partial charge < -0.3 is 14.5 Å². The predicted octanol–water partition coefficient (Wildman–Crippen LogP) is 5.22. The number of anilines is 1. The molecule has 24 heavy (non-hydrogen) atoms. The molecule has 1 aromatic heterocycles. The molecule has 0 fully saturated rings. The molecule has 0 saturated heterocycles. The molecule has 1 heterocycles. The van der Waals surface area contributed by atoms with E-state index < -0.39 is 0 Å². The number of nitrogens with one attached hydrogen (secondary N) is 1. The number of rotatable bonds is 6. The Labute approximate surface area is 142 Å². The Morgan fingerprint density at radius 2 is 1.83 bits per heavy atom. The highest BCUT2D eigenvalue weighted by atomic mass is 16.5. The van der Waals surface area contributed by atoms with Crippen LogP contribution in [0.2, 0.25) is 0 Å². The molecule has 3 rings (SSSR count). The number of nitrogens with zero attached hydrogens (tertiary/aromatic N) is 1. The van der Waals surface area contributed by atoms with Crippen molar-refractivity contribution in [2.75, 3.05) is 12.4 Å². The van der Waals surface area contributed by atoms with Crippen molar-refractivity contribution < 1.29 is 9.15 Å². The van der Waals surface area contributed by atoms with Gasteiger partial charge in [0.15, 0.2) is 5.76 Å². The maximum absolute atomic E-state index is 5.90. The number of hydrogen-bond donors (Lipinski definition) is 1. The van der Waals surface area contributed by atoms with Crippen LogP contribution in [0.15, 0.2) is 65.2 Å². The molecule has 0 radical (unpaired) electrons. The smallest absolute Gasteiger partial charge is 0.217 e. The summed E-state index contributed by atoms with van der Waals surface area (Å²) < 4.78 is 11.3. The van der Waals surface area contributed by atoms with Crippen LogP contribution in [0, 0.1) is 0 Å². The van der Waals surface area contributed by atoms with Gasteiger partial charge in [-0.25, -0.2) is 4.98 Å². The van der Waals surface area contributed by atoms with Crippen molar-refractivity contribution in [1.82, 2.24) is 4.98 Å². The summed E-state index contributed by atoms with van der Waals surface area (Å²) in [5.74, 6) is 1.44. The summed E-state index contributed by atoms with van der Waals surface area (Å²) in [5, 5.41) is 3.43. The van der Waals surface area contributed by atoms with E-state index in [4.69, 9.17) is 9.15 Å². The largest absolute Gasteiger partial charge is 0.438 e. The summed E-state index contributed by atoms with van der Waals surface area (Å²) in [7, 11) is 1.71. The van der Waals surface area contributed by atoms with Gasteiger partial charge in [0, 0.05) is 18.4 Å². The lowest BCUT2D eigenvalue weighted by Gasteiger charge is -2.15. The topological polar surface area (TPSA) is 47.3 Å². The van der Waals surface area contributed by atoms with Gasteiger partial charge in [0.1, 0.15) is 6.04 Å². The normalized spacial score (nSPS) is 13.5. The number of aromatic nitrogens is 1. The van der Waals surface area contributed by atoms with Crippen LogP contribution in [0.3, 0.4) is 0 Å². The first-order valence-corrected chi connectivity index (χ1v) is 8.08. The fourth-order valence-electron chi connectivity index (χ4n) is 2.55. The maximum atomic E-state index is 5.90. The van der Waals surface area contributed by atoms with Crippen LogP contribution in [0.4, 0.5) is 5.69 Å². The van der Waals surface area contributed by atoms with Gasteiger partial charge in [-0.1, -0.05) is 42.5 Å². The summed E-state index contributed by atoms with van der Waals surface area (Å²) in [4.78, 5) is 4.41. The van der Waals surface area contributed by atoms with Crippen molar-refractivity contribution in [3.05, 3.63) is 72.2 Å². The van der Waals surface area contributed by atoms with Crippen LogP contribution < -0.4 is 5.32 Å². The third kappa shape index (κ3) is 3.66. The fourth-order valence-corrected chi connectivity index (χ4v) is 2.55. The molecular weight excluding hydrogens is 300 g/mol. The first-order chi connectivity index (χ1) is 11.7. The van der Waals surface area contributed by atoms with Crippen LogP contribution >= 0.6 is 0 Å². The number of methoxy groups -OCH3 is 1. The summed E-state index contributed by atoms with van der Waals surface area (Å²) >= 11 is 0. The van der Waals surface area contributed by atoms with Crippen molar-refractivity contribution in [2.24, 2.45) is 0 Å². The second-order valence-electron chi connectivity index (χ2n) is 5.80. The second-order valence-corrected chi connectivity index (χ2v) is 5.80. The molecule has 3 aromatic rings. The highest BCUT2D eigenvalue weighted by Gasteiger charge is 2.14. The zero-order valence-corrected chi connectivity index (χ0v) is 14.2. The molecule has 0 spiro atoms. The van der Waals surface area contributed by atoms with Crippen LogP contribution in [-0.4, -0.2) is 12.1 Å².